The van der Waals surface area contributed by atoms with Crippen LogP contribution in [-0.4, -0.2) is 0 Å². The van der Waals surface area contributed by atoms with Crippen LogP contribution in [0.2, 0.25) is 15.1 Å². The van der Waals surface area contributed by atoms with Crippen molar-refractivity contribution >= 4 is 34.8 Å². The molecule has 0 aliphatic heterocycles. The van der Waals surface area contributed by atoms with Crippen molar-refractivity contribution in [1.82, 2.24) is 0 Å². The van der Waals surface area contributed by atoms with E-state index in [0.29, 0.717) is 38.1 Å². The van der Waals surface area contributed by atoms with Crippen LogP contribution in [0.25, 0.3) is 0 Å². The standard InChI is InChI=1S/C20H9Cl3N2O2/c21-14-2-5-18(17(23)8-14)27-19-6-3-15(22)9-20(19)26-16-4-1-12(10-24)13(7-16)11-25/h1-9H. The van der Waals surface area contributed by atoms with E-state index in [1.54, 1.807) is 42.5 Å². The van der Waals surface area contributed by atoms with Gasteiger partial charge in [0.25, 0.3) is 0 Å². The molecule has 0 amide bonds. The van der Waals surface area contributed by atoms with Gasteiger partial charge in [0, 0.05) is 16.1 Å². The van der Waals surface area contributed by atoms with Gasteiger partial charge in [-0.15, -0.1) is 0 Å². The third-order valence-electron chi connectivity index (χ3n) is 3.48. The summed E-state index contributed by atoms with van der Waals surface area (Å²) in [6.07, 6.45) is 0. The Hall–Kier alpha value is -2.89. The predicted octanol–water partition coefficient (Wildman–Crippen LogP) is 6.97. The van der Waals surface area contributed by atoms with Crippen molar-refractivity contribution in [2.75, 3.05) is 0 Å². The number of nitrogens with zero attached hydrogens (tertiary/aromatic N) is 2. The molecule has 27 heavy (non-hydrogen) atoms. The van der Waals surface area contributed by atoms with E-state index in [1.165, 1.54) is 12.1 Å². The lowest BCUT2D eigenvalue weighted by Gasteiger charge is -2.14. The second-order valence-electron chi connectivity index (χ2n) is 5.30. The molecule has 3 rings (SSSR count). The van der Waals surface area contributed by atoms with Crippen LogP contribution in [0, 0.1) is 22.7 Å². The zero-order chi connectivity index (χ0) is 19.4. The Kier molecular flexibility index (Phi) is 5.74. The van der Waals surface area contributed by atoms with Crippen molar-refractivity contribution in [1.29, 1.82) is 10.5 Å². The Morgan fingerprint density at radius 1 is 0.630 bits per heavy atom. The van der Waals surface area contributed by atoms with Crippen LogP contribution < -0.4 is 9.47 Å². The van der Waals surface area contributed by atoms with Gasteiger partial charge in [0.2, 0.25) is 0 Å². The molecule has 0 saturated heterocycles. The van der Waals surface area contributed by atoms with E-state index in [1.807, 2.05) is 12.1 Å². The Morgan fingerprint density at radius 3 is 1.96 bits per heavy atom. The minimum absolute atomic E-state index is 0.209. The number of nitriles is 2. The van der Waals surface area contributed by atoms with Crippen LogP contribution in [0.3, 0.4) is 0 Å². The molecule has 7 heteroatoms. The SMILES string of the molecule is N#Cc1ccc(Oc2cc(Cl)ccc2Oc2ccc(Cl)cc2Cl)cc1C#N. The minimum Gasteiger partial charge on any atom is -0.453 e. The second-order valence-corrected chi connectivity index (χ2v) is 6.58. The molecule has 0 aliphatic carbocycles. The molecule has 0 aliphatic rings. The summed E-state index contributed by atoms with van der Waals surface area (Å²) in [6.45, 7) is 0. The van der Waals surface area contributed by atoms with Crippen molar-refractivity contribution in [2.45, 2.75) is 0 Å². The smallest absolute Gasteiger partial charge is 0.171 e. The number of ether oxygens (including phenoxy) is 2. The lowest BCUT2D eigenvalue weighted by molar-refractivity contribution is 0.419. The number of benzene rings is 3. The first kappa shape index (κ1) is 18.9. The van der Waals surface area contributed by atoms with Crippen molar-refractivity contribution in [2.24, 2.45) is 0 Å². The first-order valence-electron chi connectivity index (χ1n) is 7.54. The zero-order valence-corrected chi connectivity index (χ0v) is 15.8. The van der Waals surface area contributed by atoms with E-state index in [0.717, 1.165) is 0 Å². The molecule has 3 aromatic rings. The van der Waals surface area contributed by atoms with Crippen molar-refractivity contribution in [3.8, 4) is 35.1 Å². The van der Waals surface area contributed by atoms with Gasteiger partial charge in [0.15, 0.2) is 11.5 Å². The molecule has 0 unspecified atom stereocenters. The summed E-state index contributed by atoms with van der Waals surface area (Å²) in [5.74, 6) is 1.44. The summed E-state index contributed by atoms with van der Waals surface area (Å²) in [7, 11) is 0. The summed E-state index contributed by atoms with van der Waals surface area (Å²) in [5.41, 5.74) is 0.473. The first-order valence-corrected chi connectivity index (χ1v) is 8.68. The van der Waals surface area contributed by atoms with Crippen LogP contribution >= 0.6 is 34.8 Å². The molecule has 0 atom stereocenters. The van der Waals surface area contributed by atoms with Gasteiger partial charge in [-0.2, -0.15) is 10.5 Å². The molecule has 0 heterocycles. The lowest BCUT2D eigenvalue weighted by Crippen LogP contribution is -1.92. The average Bonchev–Trinajstić information content (AvgIpc) is 2.65. The summed E-state index contributed by atoms with van der Waals surface area (Å²) in [5, 5.41) is 19.4. The minimum atomic E-state index is 0.209. The fraction of sp³-hybridized carbons (Fsp3) is 0. The highest BCUT2D eigenvalue weighted by atomic mass is 35.5. The van der Waals surface area contributed by atoms with Gasteiger partial charge >= 0.3 is 0 Å². The molecular formula is C20H9Cl3N2O2. The van der Waals surface area contributed by atoms with Crippen molar-refractivity contribution in [3.63, 3.8) is 0 Å². The normalized spacial score (nSPS) is 9.96. The van der Waals surface area contributed by atoms with Crippen molar-refractivity contribution in [3.05, 3.63) is 80.8 Å². The molecule has 0 N–H and O–H groups in total. The van der Waals surface area contributed by atoms with E-state index in [-0.39, 0.29) is 11.1 Å². The van der Waals surface area contributed by atoms with E-state index < -0.39 is 0 Å². The van der Waals surface area contributed by atoms with Gasteiger partial charge in [-0.05, 0) is 48.5 Å². The topological polar surface area (TPSA) is 66.0 Å². The maximum Gasteiger partial charge on any atom is 0.171 e. The zero-order valence-electron chi connectivity index (χ0n) is 13.5. The second kappa shape index (κ2) is 8.20. The number of hydrogen-bond donors (Lipinski definition) is 0. The lowest BCUT2D eigenvalue weighted by atomic mass is 10.1. The number of rotatable bonds is 4. The van der Waals surface area contributed by atoms with E-state index in [2.05, 4.69) is 0 Å². The maximum absolute atomic E-state index is 9.16. The van der Waals surface area contributed by atoms with Gasteiger partial charge < -0.3 is 9.47 Å². The molecule has 0 radical (unpaired) electrons. The molecule has 0 fully saturated rings. The largest absolute Gasteiger partial charge is 0.453 e. The van der Waals surface area contributed by atoms with Crippen molar-refractivity contribution < 1.29 is 9.47 Å². The summed E-state index contributed by atoms with van der Waals surface area (Å²) < 4.78 is 11.7. The van der Waals surface area contributed by atoms with Gasteiger partial charge in [-0.25, -0.2) is 0 Å². The molecular weight excluding hydrogens is 407 g/mol. The quantitative estimate of drug-likeness (QED) is 0.461. The summed E-state index contributed by atoms with van der Waals surface area (Å²) >= 11 is 18.1. The fourth-order valence-electron chi connectivity index (χ4n) is 2.23. The molecule has 4 nitrogen and oxygen atoms in total. The molecule has 0 aromatic heterocycles. The third-order valence-corrected chi connectivity index (χ3v) is 4.24. The molecule has 132 valence electrons. The Labute approximate surface area is 170 Å². The molecule has 3 aromatic carbocycles. The van der Waals surface area contributed by atoms with E-state index >= 15 is 0 Å². The highest BCUT2D eigenvalue weighted by molar-refractivity contribution is 6.35. The highest BCUT2D eigenvalue weighted by Gasteiger charge is 2.12. The fourth-order valence-corrected chi connectivity index (χ4v) is 2.84. The van der Waals surface area contributed by atoms with E-state index in [4.69, 9.17) is 54.8 Å². The summed E-state index contributed by atoms with van der Waals surface area (Å²) in [4.78, 5) is 0. The number of hydrogen-bond acceptors (Lipinski definition) is 4. The third kappa shape index (κ3) is 4.45. The molecule has 0 saturated carbocycles. The van der Waals surface area contributed by atoms with Crippen LogP contribution in [0.15, 0.2) is 54.6 Å². The Bertz CT molecular complexity index is 1100. The molecule has 0 bridgehead atoms. The van der Waals surface area contributed by atoms with Gasteiger partial charge in [0.1, 0.15) is 23.6 Å². The van der Waals surface area contributed by atoms with Gasteiger partial charge in [-0.1, -0.05) is 34.8 Å². The highest BCUT2D eigenvalue weighted by Crippen LogP contribution is 2.39. The van der Waals surface area contributed by atoms with Gasteiger partial charge in [0.05, 0.1) is 16.1 Å². The van der Waals surface area contributed by atoms with Crippen LogP contribution in [0.4, 0.5) is 0 Å². The summed E-state index contributed by atoms with van der Waals surface area (Å²) in [6, 6.07) is 18.2. The van der Waals surface area contributed by atoms with Crippen LogP contribution in [-0.2, 0) is 0 Å². The van der Waals surface area contributed by atoms with Crippen LogP contribution in [0.5, 0.6) is 23.0 Å². The Morgan fingerprint density at radius 2 is 1.30 bits per heavy atom. The van der Waals surface area contributed by atoms with Gasteiger partial charge in [-0.3, -0.25) is 0 Å². The molecule has 0 spiro atoms. The predicted molar refractivity (Wildman–Crippen MR) is 104 cm³/mol. The monoisotopic (exact) mass is 414 g/mol. The average molecular weight is 416 g/mol. The Balaban J connectivity index is 1.95. The first-order chi connectivity index (χ1) is 13.0. The maximum atomic E-state index is 9.16. The number of halogens is 3. The van der Waals surface area contributed by atoms with Crippen LogP contribution in [0.1, 0.15) is 11.1 Å². The van der Waals surface area contributed by atoms with E-state index in [9.17, 15) is 0 Å².